The summed E-state index contributed by atoms with van der Waals surface area (Å²) in [7, 11) is 0. The second-order valence-electron chi connectivity index (χ2n) is 6.59. The van der Waals surface area contributed by atoms with E-state index in [9.17, 15) is 0 Å². The van der Waals surface area contributed by atoms with Gasteiger partial charge in [0.2, 0.25) is 0 Å². The first-order valence-corrected chi connectivity index (χ1v) is 8.35. The lowest BCUT2D eigenvalue weighted by molar-refractivity contribution is 0.0987. The summed E-state index contributed by atoms with van der Waals surface area (Å²) in [6.07, 6.45) is 12.2. The highest BCUT2D eigenvalue weighted by Crippen LogP contribution is 2.32. The average molecular weight is 268 g/mol. The van der Waals surface area contributed by atoms with Gasteiger partial charge >= 0.3 is 0 Å². The van der Waals surface area contributed by atoms with Crippen LogP contribution in [-0.2, 0) is 4.74 Å². The Kier molecular flexibility index (Phi) is 6.11. The zero-order valence-electron chi connectivity index (χ0n) is 12.6. The van der Waals surface area contributed by atoms with Gasteiger partial charge in [-0.15, -0.1) is 0 Å². The topological polar surface area (TPSA) is 47.3 Å². The Bertz CT molecular complexity index is 253. The number of ether oxygens (including phenoxy) is 1. The summed E-state index contributed by atoms with van der Waals surface area (Å²) in [5.74, 6) is 0.933. The highest BCUT2D eigenvalue weighted by Gasteiger charge is 2.32. The largest absolute Gasteiger partial charge is 0.377 e. The molecule has 3 N–H and O–H groups in total. The molecule has 19 heavy (non-hydrogen) atoms. The van der Waals surface area contributed by atoms with E-state index in [2.05, 4.69) is 12.2 Å². The van der Waals surface area contributed by atoms with Crippen molar-refractivity contribution < 1.29 is 4.74 Å². The second kappa shape index (κ2) is 7.61. The molecule has 1 heterocycles. The maximum atomic E-state index is 6.11. The molecule has 3 atom stereocenters. The fourth-order valence-corrected chi connectivity index (χ4v) is 3.76. The smallest absolute Gasteiger partial charge is 0.0700 e. The lowest BCUT2D eigenvalue weighted by Crippen LogP contribution is -2.53. The third kappa shape index (κ3) is 4.44. The van der Waals surface area contributed by atoms with E-state index >= 15 is 0 Å². The molecule has 2 fully saturated rings. The molecule has 0 bridgehead atoms. The van der Waals surface area contributed by atoms with Gasteiger partial charge in [0.15, 0.2) is 0 Å². The lowest BCUT2D eigenvalue weighted by Gasteiger charge is -2.34. The Labute approximate surface area is 118 Å². The van der Waals surface area contributed by atoms with E-state index in [4.69, 9.17) is 10.5 Å². The summed E-state index contributed by atoms with van der Waals surface area (Å²) < 4.78 is 5.72. The minimum Gasteiger partial charge on any atom is -0.377 e. The van der Waals surface area contributed by atoms with Crippen LogP contribution in [-0.4, -0.2) is 31.3 Å². The maximum absolute atomic E-state index is 6.11. The van der Waals surface area contributed by atoms with Crippen molar-refractivity contribution >= 4 is 0 Å². The van der Waals surface area contributed by atoms with Crippen LogP contribution in [0.1, 0.15) is 64.7 Å². The molecule has 0 spiro atoms. The quantitative estimate of drug-likeness (QED) is 0.728. The van der Waals surface area contributed by atoms with Gasteiger partial charge in [0.05, 0.1) is 6.10 Å². The summed E-state index contributed by atoms with van der Waals surface area (Å²) in [5.41, 5.74) is 6.30. The fraction of sp³-hybridized carbons (Fsp3) is 1.00. The number of hydrogen-bond acceptors (Lipinski definition) is 3. The summed E-state index contributed by atoms with van der Waals surface area (Å²) in [6, 6.07) is 0. The van der Waals surface area contributed by atoms with Crippen molar-refractivity contribution in [3.63, 3.8) is 0 Å². The predicted octanol–water partition coefficient (Wildman–Crippen LogP) is 2.83. The summed E-state index contributed by atoms with van der Waals surface area (Å²) in [6.45, 7) is 5.02. The molecule has 3 unspecified atom stereocenters. The van der Waals surface area contributed by atoms with Crippen molar-refractivity contribution in [3.8, 4) is 0 Å². The molecule has 1 saturated carbocycles. The minimum absolute atomic E-state index is 0.189. The first kappa shape index (κ1) is 15.3. The third-order valence-electron chi connectivity index (χ3n) is 5.12. The van der Waals surface area contributed by atoms with Gasteiger partial charge in [0, 0.05) is 25.2 Å². The highest BCUT2D eigenvalue weighted by molar-refractivity contribution is 4.93. The normalized spacial score (nSPS) is 36.3. The van der Waals surface area contributed by atoms with Crippen molar-refractivity contribution in [3.05, 3.63) is 0 Å². The van der Waals surface area contributed by atoms with Crippen LogP contribution in [0.3, 0.4) is 0 Å². The number of nitrogens with two attached hydrogens (primary N) is 1. The van der Waals surface area contributed by atoms with Crippen molar-refractivity contribution in [1.29, 1.82) is 0 Å². The molecule has 2 aliphatic rings. The first-order valence-electron chi connectivity index (χ1n) is 8.35. The lowest BCUT2D eigenvalue weighted by atomic mass is 9.88. The van der Waals surface area contributed by atoms with Gasteiger partial charge in [0.1, 0.15) is 0 Å². The van der Waals surface area contributed by atoms with Crippen molar-refractivity contribution in [1.82, 2.24) is 5.32 Å². The van der Waals surface area contributed by atoms with Crippen LogP contribution in [0.2, 0.25) is 0 Å². The van der Waals surface area contributed by atoms with Gasteiger partial charge in [0.25, 0.3) is 0 Å². The Hall–Kier alpha value is -0.120. The molecule has 0 radical (unpaired) electrons. The molecule has 1 saturated heterocycles. The van der Waals surface area contributed by atoms with Crippen LogP contribution in [0.5, 0.6) is 0 Å². The van der Waals surface area contributed by atoms with E-state index in [0.29, 0.717) is 6.10 Å². The molecule has 1 aliphatic heterocycles. The zero-order valence-corrected chi connectivity index (χ0v) is 12.6. The predicted molar refractivity (Wildman–Crippen MR) is 80.2 cm³/mol. The van der Waals surface area contributed by atoms with Gasteiger partial charge in [-0.1, -0.05) is 32.6 Å². The Morgan fingerprint density at radius 3 is 2.79 bits per heavy atom. The monoisotopic (exact) mass is 268 g/mol. The second-order valence-corrected chi connectivity index (χ2v) is 6.59. The molecule has 0 aromatic heterocycles. The van der Waals surface area contributed by atoms with Gasteiger partial charge in [-0.3, -0.25) is 0 Å². The molecule has 0 aromatic carbocycles. The van der Waals surface area contributed by atoms with E-state index in [1.165, 1.54) is 57.8 Å². The average Bonchev–Trinajstić information content (AvgIpc) is 2.87. The zero-order chi connectivity index (χ0) is 13.6. The van der Waals surface area contributed by atoms with Gasteiger partial charge in [-0.05, 0) is 38.0 Å². The summed E-state index contributed by atoms with van der Waals surface area (Å²) in [5, 5.41) is 3.78. The molecule has 0 aromatic rings. The Balaban J connectivity index is 1.82. The molecule has 2 rings (SSSR count). The standard InChI is InChI=1S/C16H32N2O/c1-2-5-14-6-3-9-16(13-17,10-8-14)18-12-15-7-4-11-19-15/h14-15,18H,2-13,17H2,1H3. The maximum Gasteiger partial charge on any atom is 0.0700 e. The van der Waals surface area contributed by atoms with E-state index in [1.54, 1.807) is 0 Å². The van der Waals surface area contributed by atoms with E-state index in [0.717, 1.165) is 25.6 Å². The Morgan fingerprint density at radius 2 is 2.11 bits per heavy atom. The molecule has 112 valence electrons. The van der Waals surface area contributed by atoms with Crippen LogP contribution in [0.25, 0.3) is 0 Å². The molecule has 3 heteroatoms. The van der Waals surface area contributed by atoms with E-state index in [-0.39, 0.29) is 5.54 Å². The van der Waals surface area contributed by atoms with Crippen LogP contribution in [0, 0.1) is 5.92 Å². The van der Waals surface area contributed by atoms with Crippen LogP contribution >= 0.6 is 0 Å². The number of hydrogen-bond donors (Lipinski definition) is 2. The van der Waals surface area contributed by atoms with Crippen LogP contribution in [0.4, 0.5) is 0 Å². The molecular weight excluding hydrogens is 236 g/mol. The Morgan fingerprint density at radius 1 is 1.21 bits per heavy atom. The number of nitrogens with one attached hydrogen (secondary N) is 1. The molecule has 1 aliphatic carbocycles. The van der Waals surface area contributed by atoms with E-state index in [1.807, 2.05) is 0 Å². The van der Waals surface area contributed by atoms with Gasteiger partial charge in [-0.2, -0.15) is 0 Å². The molecule has 0 amide bonds. The third-order valence-corrected chi connectivity index (χ3v) is 5.12. The first-order chi connectivity index (χ1) is 9.28. The fourth-order valence-electron chi connectivity index (χ4n) is 3.76. The minimum atomic E-state index is 0.189. The molecular formula is C16H32N2O. The van der Waals surface area contributed by atoms with Crippen molar-refractivity contribution in [2.45, 2.75) is 76.4 Å². The number of rotatable bonds is 6. The van der Waals surface area contributed by atoms with Crippen molar-refractivity contribution in [2.24, 2.45) is 11.7 Å². The molecule has 3 nitrogen and oxygen atoms in total. The van der Waals surface area contributed by atoms with Crippen molar-refractivity contribution in [2.75, 3.05) is 19.7 Å². The van der Waals surface area contributed by atoms with E-state index < -0.39 is 0 Å². The van der Waals surface area contributed by atoms with Gasteiger partial charge in [-0.25, -0.2) is 0 Å². The SMILES string of the molecule is CCCC1CCCC(CN)(NCC2CCCO2)CC1. The summed E-state index contributed by atoms with van der Waals surface area (Å²) in [4.78, 5) is 0. The van der Waals surface area contributed by atoms with Crippen LogP contribution < -0.4 is 11.1 Å². The van der Waals surface area contributed by atoms with Crippen LogP contribution in [0.15, 0.2) is 0 Å². The highest BCUT2D eigenvalue weighted by atomic mass is 16.5. The summed E-state index contributed by atoms with van der Waals surface area (Å²) >= 11 is 0. The van der Waals surface area contributed by atoms with Gasteiger partial charge < -0.3 is 15.8 Å².